The Morgan fingerprint density at radius 2 is 2.50 bits per heavy atom. The monoisotopic (exact) mass is 148 g/mol. The highest BCUT2D eigenvalue weighted by Crippen LogP contribution is 1.71. The predicted octanol–water partition coefficient (Wildman–Crippen LogP) is 0.800. The fraction of sp³-hybridized carbons (Fsp3) is 0.667. The molecule has 0 aromatic heterocycles. The Morgan fingerprint density at radius 3 is 2.67 bits per heavy atom. The molecule has 0 rings (SSSR count). The lowest BCUT2D eigenvalue weighted by atomic mass is 10.5. The van der Waals surface area contributed by atoms with Gasteiger partial charge in [-0.1, -0.05) is 0 Å². The van der Waals surface area contributed by atoms with Gasteiger partial charge in [0.1, 0.15) is 0 Å². The van der Waals surface area contributed by atoms with Crippen molar-refractivity contribution in [3.05, 3.63) is 0 Å². The number of nitrogens with zero attached hydrogens (tertiary/aromatic N) is 1. The Bertz CT molecular complexity index is 56.3. The molecular formula is C3H5BrN2. The van der Waals surface area contributed by atoms with Crippen LogP contribution in [0.3, 0.4) is 0 Å². The van der Waals surface area contributed by atoms with Crippen LogP contribution in [0.4, 0.5) is 0 Å². The van der Waals surface area contributed by atoms with Crippen molar-refractivity contribution in [1.82, 2.24) is 4.34 Å². The molecular weight excluding hydrogens is 144 g/mol. The SMILES string of the molecule is N#CCCNBr. The lowest BCUT2D eigenvalue weighted by Crippen LogP contribution is -1.96. The van der Waals surface area contributed by atoms with E-state index in [4.69, 9.17) is 5.26 Å². The third-order valence-corrected chi connectivity index (χ3v) is 0.728. The number of rotatable bonds is 2. The molecule has 0 radical (unpaired) electrons. The van der Waals surface area contributed by atoms with E-state index >= 15 is 0 Å². The Morgan fingerprint density at radius 1 is 1.83 bits per heavy atom. The average molecular weight is 149 g/mol. The summed E-state index contributed by atoms with van der Waals surface area (Å²) in [7, 11) is 0. The normalized spacial score (nSPS) is 7.33. The zero-order valence-corrected chi connectivity index (χ0v) is 4.83. The van der Waals surface area contributed by atoms with Crippen LogP contribution in [0.1, 0.15) is 6.42 Å². The summed E-state index contributed by atoms with van der Waals surface area (Å²) in [5.41, 5.74) is 0. The van der Waals surface area contributed by atoms with Gasteiger partial charge in [-0.15, -0.1) is 0 Å². The van der Waals surface area contributed by atoms with Crippen LogP contribution in [0, 0.1) is 11.3 Å². The molecule has 0 bridgehead atoms. The van der Waals surface area contributed by atoms with Crippen molar-refractivity contribution in [2.75, 3.05) is 6.54 Å². The molecule has 0 atom stereocenters. The highest BCUT2D eigenvalue weighted by atomic mass is 79.9. The Hall–Kier alpha value is -0.0700. The minimum absolute atomic E-state index is 0.561. The second kappa shape index (κ2) is 4.93. The summed E-state index contributed by atoms with van der Waals surface area (Å²) in [6, 6.07) is 1.98. The molecule has 0 aromatic rings. The van der Waals surface area contributed by atoms with Crippen LogP contribution in [0.5, 0.6) is 0 Å². The first-order valence-corrected chi connectivity index (χ1v) is 2.41. The maximum Gasteiger partial charge on any atom is 0.0635 e. The van der Waals surface area contributed by atoms with Crippen molar-refractivity contribution >= 4 is 16.1 Å². The topological polar surface area (TPSA) is 35.8 Å². The van der Waals surface area contributed by atoms with Crippen LogP contribution in [-0.2, 0) is 0 Å². The Balaban J connectivity index is 2.54. The van der Waals surface area contributed by atoms with E-state index in [9.17, 15) is 0 Å². The smallest absolute Gasteiger partial charge is 0.0635 e. The molecule has 0 heterocycles. The first-order valence-electron chi connectivity index (χ1n) is 1.62. The minimum Gasteiger partial charge on any atom is -0.255 e. The standard InChI is InChI=1S/C3H5BrN2/c4-6-3-1-2-5/h6H,1,3H2. The lowest BCUT2D eigenvalue weighted by Gasteiger charge is -1.80. The molecule has 34 valence electrons. The molecule has 0 aliphatic heterocycles. The average Bonchev–Trinajstić information content (AvgIpc) is 1.61. The van der Waals surface area contributed by atoms with E-state index in [0.29, 0.717) is 6.42 Å². The molecule has 1 N–H and O–H groups in total. The molecule has 0 spiro atoms. The molecule has 2 nitrogen and oxygen atoms in total. The summed E-state index contributed by atoms with van der Waals surface area (Å²) >= 11 is 2.95. The summed E-state index contributed by atoms with van der Waals surface area (Å²) in [6.07, 6.45) is 0.561. The Labute approximate surface area is 45.5 Å². The van der Waals surface area contributed by atoms with Crippen LogP contribution >= 0.6 is 16.1 Å². The van der Waals surface area contributed by atoms with Gasteiger partial charge in [0.15, 0.2) is 0 Å². The first-order chi connectivity index (χ1) is 2.91. The first kappa shape index (κ1) is 5.93. The van der Waals surface area contributed by atoms with Gasteiger partial charge < -0.3 is 0 Å². The molecule has 0 aromatic carbocycles. The van der Waals surface area contributed by atoms with E-state index in [1.165, 1.54) is 0 Å². The number of nitrogens with one attached hydrogen (secondary N) is 1. The summed E-state index contributed by atoms with van der Waals surface area (Å²) < 4.78 is 2.66. The van der Waals surface area contributed by atoms with Crippen molar-refractivity contribution < 1.29 is 0 Å². The fourth-order valence-electron chi connectivity index (χ4n) is 0.103. The van der Waals surface area contributed by atoms with E-state index in [1.54, 1.807) is 0 Å². The van der Waals surface area contributed by atoms with E-state index in [0.717, 1.165) is 6.54 Å². The van der Waals surface area contributed by atoms with Crippen LogP contribution < -0.4 is 4.34 Å². The number of nitriles is 1. The van der Waals surface area contributed by atoms with Gasteiger partial charge in [-0.3, -0.25) is 4.34 Å². The third kappa shape index (κ3) is 3.93. The third-order valence-electron chi connectivity index (χ3n) is 0.331. The van der Waals surface area contributed by atoms with Crippen molar-refractivity contribution in [3.8, 4) is 6.07 Å². The molecule has 0 saturated heterocycles. The summed E-state index contributed by atoms with van der Waals surface area (Å²) in [5, 5.41) is 7.89. The van der Waals surface area contributed by atoms with Crippen LogP contribution in [0.2, 0.25) is 0 Å². The van der Waals surface area contributed by atoms with Gasteiger partial charge in [0, 0.05) is 29.1 Å². The van der Waals surface area contributed by atoms with E-state index < -0.39 is 0 Å². The fourth-order valence-corrected chi connectivity index (χ4v) is 0.301. The second-order valence-electron chi connectivity index (χ2n) is 0.792. The largest absolute Gasteiger partial charge is 0.255 e. The van der Waals surface area contributed by atoms with Gasteiger partial charge in [-0.2, -0.15) is 5.26 Å². The quantitative estimate of drug-likeness (QED) is 0.465. The van der Waals surface area contributed by atoms with Gasteiger partial charge in [0.25, 0.3) is 0 Å². The van der Waals surface area contributed by atoms with Crippen molar-refractivity contribution in [1.29, 1.82) is 5.26 Å². The molecule has 0 fully saturated rings. The maximum absolute atomic E-state index is 7.89. The molecule has 0 saturated carbocycles. The maximum atomic E-state index is 7.89. The van der Waals surface area contributed by atoms with E-state index in [2.05, 4.69) is 20.5 Å². The van der Waals surface area contributed by atoms with Gasteiger partial charge in [-0.05, 0) is 0 Å². The highest BCUT2D eigenvalue weighted by molar-refractivity contribution is 9.08. The van der Waals surface area contributed by atoms with Gasteiger partial charge in [0.2, 0.25) is 0 Å². The van der Waals surface area contributed by atoms with Gasteiger partial charge >= 0.3 is 0 Å². The predicted molar refractivity (Wildman–Crippen MR) is 27.2 cm³/mol. The number of hydrogen-bond acceptors (Lipinski definition) is 2. The van der Waals surface area contributed by atoms with Crippen molar-refractivity contribution in [3.63, 3.8) is 0 Å². The van der Waals surface area contributed by atoms with Gasteiger partial charge in [-0.25, -0.2) is 0 Å². The van der Waals surface area contributed by atoms with E-state index in [-0.39, 0.29) is 0 Å². The van der Waals surface area contributed by atoms with E-state index in [1.807, 2.05) is 6.07 Å². The van der Waals surface area contributed by atoms with Crippen molar-refractivity contribution in [2.24, 2.45) is 0 Å². The minimum atomic E-state index is 0.561. The second-order valence-corrected chi connectivity index (χ2v) is 1.35. The summed E-state index contributed by atoms with van der Waals surface area (Å²) in [4.78, 5) is 0. The number of halogens is 1. The molecule has 0 unspecified atom stereocenters. The van der Waals surface area contributed by atoms with Crippen LogP contribution in [-0.4, -0.2) is 6.54 Å². The van der Waals surface area contributed by atoms with Crippen LogP contribution in [0.25, 0.3) is 0 Å². The zero-order valence-electron chi connectivity index (χ0n) is 3.24. The number of hydrogen-bond donors (Lipinski definition) is 1. The van der Waals surface area contributed by atoms with Gasteiger partial charge in [0.05, 0.1) is 6.07 Å². The molecule has 3 heteroatoms. The molecule has 6 heavy (non-hydrogen) atoms. The molecule has 0 amide bonds. The molecule has 0 aliphatic rings. The highest BCUT2D eigenvalue weighted by Gasteiger charge is 1.73. The Kier molecular flexibility index (Phi) is 4.87. The van der Waals surface area contributed by atoms with Crippen molar-refractivity contribution in [2.45, 2.75) is 6.42 Å². The summed E-state index contributed by atoms with van der Waals surface area (Å²) in [5.74, 6) is 0. The summed E-state index contributed by atoms with van der Waals surface area (Å²) in [6.45, 7) is 0.719. The zero-order chi connectivity index (χ0) is 4.83. The lowest BCUT2D eigenvalue weighted by molar-refractivity contribution is 0.960. The van der Waals surface area contributed by atoms with Crippen LogP contribution in [0.15, 0.2) is 0 Å². The molecule has 0 aliphatic carbocycles.